The largest absolute Gasteiger partial charge is 0.478 e. The molecule has 1 amide bonds. The Kier molecular flexibility index (Phi) is 3.30. The molecule has 0 fully saturated rings. The number of aromatic carboxylic acids is 1. The van der Waals surface area contributed by atoms with Crippen molar-refractivity contribution >= 4 is 23.2 Å². The fourth-order valence-corrected chi connectivity index (χ4v) is 2.04. The number of anilines is 1. The van der Waals surface area contributed by atoms with E-state index in [1.165, 1.54) is 41.1 Å². The Labute approximate surface area is 123 Å². The Bertz CT molecular complexity index is 889. The number of halogens is 1. The average Bonchev–Trinajstić information content (AvgIpc) is 2.90. The van der Waals surface area contributed by atoms with E-state index in [4.69, 9.17) is 5.11 Å². The van der Waals surface area contributed by atoms with E-state index in [0.717, 1.165) is 0 Å². The van der Waals surface area contributed by atoms with Gasteiger partial charge in [0.05, 0.1) is 11.3 Å². The average molecular weight is 299 g/mol. The molecule has 1 aromatic carbocycles. The van der Waals surface area contributed by atoms with Gasteiger partial charge in [-0.15, -0.1) is 0 Å². The zero-order valence-corrected chi connectivity index (χ0v) is 11.2. The summed E-state index contributed by atoms with van der Waals surface area (Å²) >= 11 is 0. The minimum atomic E-state index is -1.15. The van der Waals surface area contributed by atoms with Gasteiger partial charge in [0, 0.05) is 12.4 Å². The Balaban J connectivity index is 1.92. The minimum absolute atomic E-state index is 0.0225. The van der Waals surface area contributed by atoms with E-state index in [0.29, 0.717) is 5.65 Å². The van der Waals surface area contributed by atoms with Crippen LogP contribution in [0.2, 0.25) is 0 Å². The summed E-state index contributed by atoms with van der Waals surface area (Å²) in [7, 11) is 0. The predicted molar refractivity (Wildman–Crippen MR) is 76.5 cm³/mol. The van der Waals surface area contributed by atoms with E-state index in [1.807, 2.05) is 0 Å². The van der Waals surface area contributed by atoms with Gasteiger partial charge in [-0.05, 0) is 24.3 Å². The quantitative estimate of drug-likeness (QED) is 0.778. The Hall–Kier alpha value is -3.22. The third-order valence-corrected chi connectivity index (χ3v) is 3.05. The lowest BCUT2D eigenvalue weighted by atomic mass is 10.2. The first-order chi connectivity index (χ1) is 10.5. The van der Waals surface area contributed by atoms with Crippen LogP contribution in [0.15, 0.2) is 48.8 Å². The normalized spacial score (nSPS) is 10.6. The summed E-state index contributed by atoms with van der Waals surface area (Å²) in [6.07, 6.45) is 2.57. The molecular formula is C15H10FN3O3. The Morgan fingerprint density at radius 3 is 2.68 bits per heavy atom. The first-order valence-electron chi connectivity index (χ1n) is 6.32. The van der Waals surface area contributed by atoms with Gasteiger partial charge in [0.25, 0.3) is 5.91 Å². The number of hydrogen-bond acceptors (Lipinski definition) is 3. The summed E-state index contributed by atoms with van der Waals surface area (Å²) < 4.78 is 14.5. The number of imidazole rings is 1. The second-order valence-electron chi connectivity index (χ2n) is 4.54. The van der Waals surface area contributed by atoms with Gasteiger partial charge in [0.2, 0.25) is 0 Å². The maximum Gasteiger partial charge on any atom is 0.337 e. The number of carbonyl (C=O) groups excluding carboxylic acids is 1. The number of hydrogen-bond donors (Lipinski definition) is 2. The van der Waals surface area contributed by atoms with Crippen LogP contribution in [0, 0.1) is 5.82 Å². The van der Waals surface area contributed by atoms with Crippen molar-refractivity contribution < 1.29 is 19.1 Å². The molecule has 0 bridgehead atoms. The topological polar surface area (TPSA) is 83.7 Å². The first kappa shape index (κ1) is 13.7. The lowest BCUT2D eigenvalue weighted by molar-refractivity contribution is 0.0698. The highest BCUT2D eigenvalue weighted by atomic mass is 19.1. The van der Waals surface area contributed by atoms with Gasteiger partial charge in [0.15, 0.2) is 0 Å². The van der Waals surface area contributed by atoms with Gasteiger partial charge in [-0.3, -0.25) is 4.79 Å². The van der Waals surface area contributed by atoms with Gasteiger partial charge in [-0.1, -0.05) is 12.1 Å². The highest BCUT2D eigenvalue weighted by molar-refractivity contribution is 6.06. The Morgan fingerprint density at radius 1 is 1.14 bits per heavy atom. The van der Waals surface area contributed by atoms with Crippen molar-refractivity contribution in [1.82, 2.24) is 9.38 Å². The summed E-state index contributed by atoms with van der Waals surface area (Å²) in [6.45, 7) is 0. The number of nitrogens with one attached hydrogen (secondary N) is 1. The van der Waals surface area contributed by atoms with Crippen LogP contribution in [0.1, 0.15) is 20.8 Å². The predicted octanol–water partition coefficient (Wildman–Crippen LogP) is 2.42. The van der Waals surface area contributed by atoms with Crippen molar-refractivity contribution in [2.75, 3.05) is 5.32 Å². The molecule has 6 nitrogen and oxygen atoms in total. The molecule has 0 atom stereocenters. The molecule has 3 rings (SSSR count). The Morgan fingerprint density at radius 2 is 1.91 bits per heavy atom. The molecule has 110 valence electrons. The number of carboxylic acids is 1. The van der Waals surface area contributed by atoms with Crippen molar-refractivity contribution in [3.05, 3.63) is 65.9 Å². The number of carbonyl (C=O) groups is 2. The van der Waals surface area contributed by atoms with Gasteiger partial charge in [-0.2, -0.15) is 0 Å². The second kappa shape index (κ2) is 5.28. The summed E-state index contributed by atoms with van der Waals surface area (Å²) in [6, 6.07) is 8.72. The van der Waals surface area contributed by atoms with Crippen LogP contribution in [0.5, 0.6) is 0 Å². The molecule has 7 heteroatoms. The van der Waals surface area contributed by atoms with Gasteiger partial charge >= 0.3 is 5.97 Å². The number of carboxylic acid groups (broad SMARTS) is 1. The summed E-state index contributed by atoms with van der Waals surface area (Å²) in [5, 5.41) is 11.6. The molecule has 0 aliphatic carbocycles. The van der Waals surface area contributed by atoms with Crippen molar-refractivity contribution in [3.8, 4) is 0 Å². The van der Waals surface area contributed by atoms with E-state index < -0.39 is 17.7 Å². The van der Waals surface area contributed by atoms with Gasteiger partial charge in [-0.25, -0.2) is 14.2 Å². The van der Waals surface area contributed by atoms with Crippen molar-refractivity contribution in [2.45, 2.75) is 0 Å². The third kappa shape index (κ3) is 2.51. The van der Waals surface area contributed by atoms with Crippen molar-refractivity contribution in [1.29, 1.82) is 0 Å². The van der Waals surface area contributed by atoms with Crippen LogP contribution >= 0.6 is 0 Å². The van der Waals surface area contributed by atoms with Crippen LogP contribution in [0.25, 0.3) is 5.65 Å². The molecule has 0 spiro atoms. The number of benzene rings is 1. The van der Waals surface area contributed by atoms with E-state index in [2.05, 4.69) is 10.3 Å². The monoisotopic (exact) mass is 299 g/mol. The molecular weight excluding hydrogens is 289 g/mol. The molecule has 0 aliphatic rings. The summed E-state index contributed by atoms with van der Waals surface area (Å²) in [5.74, 6) is -2.17. The number of para-hydroxylation sites is 1. The molecule has 2 heterocycles. The molecule has 3 aromatic rings. The molecule has 0 aliphatic heterocycles. The molecule has 0 unspecified atom stereocenters. The zero-order valence-electron chi connectivity index (χ0n) is 11.2. The minimum Gasteiger partial charge on any atom is -0.478 e. The number of aromatic nitrogens is 2. The van der Waals surface area contributed by atoms with E-state index in [1.54, 1.807) is 12.1 Å². The molecule has 22 heavy (non-hydrogen) atoms. The number of nitrogens with zero attached hydrogens (tertiary/aromatic N) is 2. The van der Waals surface area contributed by atoms with Crippen LogP contribution in [-0.2, 0) is 0 Å². The number of amides is 1. The van der Waals surface area contributed by atoms with Crippen molar-refractivity contribution in [2.24, 2.45) is 0 Å². The summed E-state index contributed by atoms with van der Waals surface area (Å²) in [4.78, 5) is 27.3. The molecule has 0 radical (unpaired) electrons. The lowest BCUT2D eigenvalue weighted by Crippen LogP contribution is -2.15. The van der Waals surface area contributed by atoms with Gasteiger partial charge in [0.1, 0.15) is 17.2 Å². The maximum absolute atomic E-state index is 13.1. The number of pyridine rings is 1. The standard InChI is InChI=1S/C15H10FN3O3/c16-9-5-6-13-17-12(8-19(13)7-9)14(20)18-11-4-2-1-3-10(11)15(21)22/h1-8H,(H,18,20)(H,21,22). The molecule has 0 saturated heterocycles. The van der Waals surface area contributed by atoms with E-state index in [-0.39, 0.29) is 16.9 Å². The number of rotatable bonds is 3. The molecule has 2 N–H and O–H groups in total. The van der Waals surface area contributed by atoms with Crippen LogP contribution in [0.3, 0.4) is 0 Å². The van der Waals surface area contributed by atoms with Gasteiger partial charge < -0.3 is 14.8 Å². The third-order valence-electron chi connectivity index (χ3n) is 3.05. The summed E-state index contributed by atoms with van der Waals surface area (Å²) in [5.41, 5.74) is 0.623. The van der Waals surface area contributed by atoms with E-state index >= 15 is 0 Å². The first-order valence-corrected chi connectivity index (χ1v) is 6.32. The smallest absolute Gasteiger partial charge is 0.337 e. The highest BCUT2D eigenvalue weighted by Crippen LogP contribution is 2.16. The second-order valence-corrected chi connectivity index (χ2v) is 4.54. The van der Waals surface area contributed by atoms with E-state index in [9.17, 15) is 14.0 Å². The van der Waals surface area contributed by atoms with Crippen LogP contribution in [-0.4, -0.2) is 26.4 Å². The molecule has 2 aromatic heterocycles. The lowest BCUT2D eigenvalue weighted by Gasteiger charge is -2.06. The highest BCUT2D eigenvalue weighted by Gasteiger charge is 2.15. The fraction of sp³-hybridized carbons (Fsp3) is 0. The van der Waals surface area contributed by atoms with Crippen molar-refractivity contribution in [3.63, 3.8) is 0 Å². The maximum atomic E-state index is 13.1. The zero-order chi connectivity index (χ0) is 15.7. The number of fused-ring (bicyclic) bond motifs is 1. The van der Waals surface area contributed by atoms with Crippen LogP contribution in [0.4, 0.5) is 10.1 Å². The fourth-order valence-electron chi connectivity index (χ4n) is 2.04. The SMILES string of the molecule is O=C(Nc1ccccc1C(=O)O)c1cn2cc(F)ccc2n1. The molecule has 0 saturated carbocycles. The van der Waals surface area contributed by atoms with Crippen LogP contribution < -0.4 is 5.32 Å².